The van der Waals surface area contributed by atoms with Gasteiger partial charge >= 0.3 is 6.09 Å². The first-order chi connectivity index (χ1) is 20.7. The zero-order valence-corrected chi connectivity index (χ0v) is 24.5. The number of hydrogen-bond acceptors (Lipinski definition) is 7. The second-order valence-corrected chi connectivity index (χ2v) is 10.7. The van der Waals surface area contributed by atoms with Crippen molar-refractivity contribution in [3.05, 3.63) is 102 Å². The molecule has 43 heavy (non-hydrogen) atoms. The van der Waals surface area contributed by atoms with Crippen LogP contribution >= 0.6 is 0 Å². The highest BCUT2D eigenvalue weighted by atomic mass is 16.6. The number of ketones is 1. The smallest absolute Gasteiger partial charge is 0.408 e. The van der Waals surface area contributed by atoms with Crippen molar-refractivity contribution in [2.45, 2.75) is 57.0 Å². The molecule has 0 aromatic heterocycles. The highest BCUT2D eigenvalue weighted by molar-refractivity contribution is 5.98. The molecular formula is C33H37N3O7. The number of methoxy groups -OCH3 is 1. The maximum absolute atomic E-state index is 13.7. The SMILES string of the molecule is COc1ccc(CC(NC(=O)C(C)NC(=O)OCc2ccccc2)C(=O)NC(Cc2ccccc2)C(=O)C2(C)CO2)cc1. The number of nitrogens with one attached hydrogen (secondary N) is 3. The standard InChI is InChI=1S/C33H37N3O7/c1-22(34-32(40)42-20-25-12-8-5-9-13-25)30(38)36-28(19-24-14-16-26(41-3)17-15-24)31(39)35-27(29(37)33(2)21-43-33)18-23-10-6-4-7-11-23/h4-17,22,27-28H,18-21H2,1-3H3,(H,34,40)(H,35,39)(H,36,38). The molecule has 1 fully saturated rings. The molecule has 1 aliphatic heterocycles. The van der Waals surface area contributed by atoms with Gasteiger partial charge in [-0.25, -0.2) is 4.79 Å². The molecule has 0 saturated carbocycles. The predicted octanol–water partition coefficient (Wildman–Crippen LogP) is 3.12. The molecule has 10 nitrogen and oxygen atoms in total. The summed E-state index contributed by atoms with van der Waals surface area (Å²) >= 11 is 0. The highest BCUT2D eigenvalue weighted by Crippen LogP contribution is 2.29. The lowest BCUT2D eigenvalue weighted by Gasteiger charge is -2.25. The summed E-state index contributed by atoms with van der Waals surface area (Å²) in [6.07, 6.45) is -0.375. The van der Waals surface area contributed by atoms with Crippen LogP contribution in [0.4, 0.5) is 4.79 Å². The van der Waals surface area contributed by atoms with Gasteiger partial charge < -0.3 is 30.2 Å². The van der Waals surface area contributed by atoms with Gasteiger partial charge in [0.15, 0.2) is 5.78 Å². The molecular weight excluding hydrogens is 550 g/mol. The summed E-state index contributed by atoms with van der Waals surface area (Å²) < 4.78 is 15.8. The van der Waals surface area contributed by atoms with E-state index in [9.17, 15) is 19.2 Å². The van der Waals surface area contributed by atoms with E-state index in [2.05, 4.69) is 16.0 Å². The second kappa shape index (κ2) is 14.5. The number of ether oxygens (including phenoxy) is 3. The van der Waals surface area contributed by atoms with Crippen molar-refractivity contribution in [3.8, 4) is 5.75 Å². The van der Waals surface area contributed by atoms with E-state index in [4.69, 9.17) is 14.2 Å². The lowest BCUT2D eigenvalue weighted by atomic mass is 9.94. The van der Waals surface area contributed by atoms with E-state index >= 15 is 0 Å². The van der Waals surface area contributed by atoms with Crippen LogP contribution in [0.3, 0.4) is 0 Å². The number of benzene rings is 3. The molecule has 0 radical (unpaired) electrons. The van der Waals surface area contributed by atoms with Crippen molar-refractivity contribution in [1.29, 1.82) is 0 Å². The van der Waals surface area contributed by atoms with Crippen molar-refractivity contribution in [2.24, 2.45) is 0 Å². The number of rotatable bonds is 14. The van der Waals surface area contributed by atoms with Crippen LogP contribution in [-0.4, -0.2) is 61.1 Å². The van der Waals surface area contributed by atoms with Gasteiger partial charge in [0.05, 0.1) is 19.8 Å². The van der Waals surface area contributed by atoms with Crippen molar-refractivity contribution < 1.29 is 33.4 Å². The summed E-state index contributed by atoms with van der Waals surface area (Å²) in [5, 5.41) is 8.10. The van der Waals surface area contributed by atoms with Crippen molar-refractivity contribution in [2.75, 3.05) is 13.7 Å². The first-order valence-corrected chi connectivity index (χ1v) is 14.1. The molecule has 4 unspecified atom stereocenters. The highest BCUT2D eigenvalue weighted by Gasteiger charge is 2.50. The Labute approximate surface area is 251 Å². The fourth-order valence-corrected chi connectivity index (χ4v) is 4.46. The first kappa shape index (κ1) is 31.2. The monoisotopic (exact) mass is 587 g/mol. The molecule has 1 heterocycles. The van der Waals surface area contributed by atoms with Gasteiger partial charge in [-0.2, -0.15) is 0 Å². The molecule has 0 spiro atoms. The number of alkyl carbamates (subject to hydrolysis) is 1. The third-order valence-corrected chi connectivity index (χ3v) is 7.19. The Morgan fingerprint density at radius 3 is 1.88 bits per heavy atom. The second-order valence-electron chi connectivity index (χ2n) is 10.7. The zero-order chi connectivity index (χ0) is 30.8. The number of carbonyl (C=O) groups is 4. The van der Waals surface area contributed by atoms with E-state index in [1.807, 2.05) is 60.7 Å². The van der Waals surface area contributed by atoms with Crippen molar-refractivity contribution >= 4 is 23.7 Å². The van der Waals surface area contributed by atoms with Gasteiger partial charge in [0, 0.05) is 6.42 Å². The molecule has 1 saturated heterocycles. The Balaban J connectivity index is 1.45. The molecule has 3 aromatic rings. The fourth-order valence-electron chi connectivity index (χ4n) is 4.46. The summed E-state index contributed by atoms with van der Waals surface area (Å²) in [7, 11) is 1.55. The molecule has 4 atom stereocenters. The van der Waals surface area contributed by atoms with Crippen LogP contribution in [0.15, 0.2) is 84.9 Å². The Morgan fingerprint density at radius 1 is 0.767 bits per heavy atom. The minimum atomic E-state index is -1.05. The topological polar surface area (TPSA) is 135 Å². The molecule has 0 aliphatic carbocycles. The molecule has 0 bridgehead atoms. The third kappa shape index (κ3) is 9.14. The van der Waals surface area contributed by atoms with Gasteiger partial charge in [0.25, 0.3) is 0 Å². The van der Waals surface area contributed by atoms with E-state index in [0.29, 0.717) is 5.75 Å². The minimum Gasteiger partial charge on any atom is -0.497 e. The maximum atomic E-state index is 13.7. The molecule has 3 amide bonds. The van der Waals surface area contributed by atoms with Crippen LogP contribution < -0.4 is 20.7 Å². The lowest BCUT2D eigenvalue weighted by Crippen LogP contribution is -2.57. The summed E-state index contributed by atoms with van der Waals surface area (Å²) in [6.45, 7) is 3.51. The van der Waals surface area contributed by atoms with Crippen LogP contribution in [0.2, 0.25) is 0 Å². The number of amides is 3. The van der Waals surface area contributed by atoms with Gasteiger partial charge in [0.2, 0.25) is 11.8 Å². The van der Waals surface area contributed by atoms with Gasteiger partial charge in [0.1, 0.15) is 30.0 Å². The van der Waals surface area contributed by atoms with Gasteiger partial charge in [-0.1, -0.05) is 72.8 Å². The Bertz CT molecular complexity index is 1390. The zero-order valence-electron chi connectivity index (χ0n) is 24.5. The molecule has 1 aliphatic rings. The fraction of sp³-hybridized carbons (Fsp3) is 0.333. The van der Waals surface area contributed by atoms with E-state index < -0.39 is 41.6 Å². The quantitative estimate of drug-likeness (QED) is 0.247. The van der Waals surface area contributed by atoms with Crippen LogP contribution in [0, 0.1) is 0 Å². The van der Waals surface area contributed by atoms with Crippen LogP contribution in [0.25, 0.3) is 0 Å². The first-order valence-electron chi connectivity index (χ1n) is 14.1. The number of epoxide rings is 1. The Kier molecular flexibility index (Phi) is 10.5. The van der Waals surface area contributed by atoms with Crippen LogP contribution in [0.5, 0.6) is 5.75 Å². The van der Waals surface area contributed by atoms with E-state index in [0.717, 1.165) is 16.7 Å². The summed E-state index contributed by atoms with van der Waals surface area (Å²) in [4.78, 5) is 52.6. The molecule has 3 N–H and O–H groups in total. The van der Waals surface area contributed by atoms with Crippen molar-refractivity contribution in [1.82, 2.24) is 16.0 Å². The summed E-state index contributed by atoms with van der Waals surface area (Å²) in [5.41, 5.74) is 1.47. The van der Waals surface area contributed by atoms with Gasteiger partial charge in [-0.05, 0) is 49.1 Å². The number of hydrogen-bond donors (Lipinski definition) is 3. The number of Topliss-reactive ketones (excluding diaryl/α,β-unsaturated/α-hetero) is 1. The van der Waals surface area contributed by atoms with Gasteiger partial charge in [-0.15, -0.1) is 0 Å². The molecule has 3 aromatic carbocycles. The molecule has 226 valence electrons. The van der Waals surface area contributed by atoms with E-state index in [1.165, 1.54) is 6.92 Å². The van der Waals surface area contributed by atoms with Crippen molar-refractivity contribution in [3.63, 3.8) is 0 Å². The lowest BCUT2D eigenvalue weighted by molar-refractivity contribution is -0.133. The Morgan fingerprint density at radius 2 is 1.30 bits per heavy atom. The van der Waals surface area contributed by atoms with E-state index in [1.54, 1.807) is 38.3 Å². The third-order valence-electron chi connectivity index (χ3n) is 7.19. The Hall–Kier alpha value is -4.70. The maximum Gasteiger partial charge on any atom is 0.408 e. The average Bonchev–Trinajstić information content (AvgIpc) is 3.78. The van der Waals surface area contributed by atoms with E-state index in [-0.39, 0.29) is 31.8 Å². The minimum absolute atomic E-state index is 0.0446. The molecule has 10 heteroatoms. The summed E-state index contributed by atoms with van der Waals surface area (Å²) in [6, 6.07) is 22.7. The van der Waals surface area contributed by atoms with Crippen LogP contribution in [-0.2, 0) is 43.3 Å². The average molecular weight is 588 g/mol. The largest absolute Gasteiger partial charge is 0.497 e. The molecule has 4 rings (SSSR count). The number of carbonyl (C=O) groups excluding carboxylic acids is 4. The predicted molar refractivity (Wildman–Crippen MR) is 159 cm³/mol. The summed E-state index contributed by atoms with van der Waals surface area (Å²) in [5.74, 6) is -0.724. The van der Waals surface area contributed by atoms with Crippen LogP contribution in [0.1, 0.15) is 30.5 Å². The van der Waals surface area contributed by atoms with Gasteiger partial charge in [-0.3, -0.25) is 14.4 Å². The normalized spacial score (nSPS) is 17.5.